The van der Waals surface area contributed by atoms with Crippen molar-refractivity contribution in [2.45, 2.75) is 84.5 Å². The summed E-state index contributed by atoms with van der Waals surface area (Å²) in [7, 11) is 0. The largest absolute Gasteiger partial charge is 0.379 e. The van der Waals surface area contributed by atoms with Crippen molar-refractivity contribution in [1.29, 1.82) is 0 Å². The monoisotopic (exact) mass is 625 g/mol. The fourth-order valence-electron chi connectivity index (χ4n) is 5.51. The molecule has 246 valence electrons. The molecule has 2 aliphatic heterocycles. The van der Waals surface area contributed by atoms with E-state index in [0.717, 1.165) is 18.7 Å². The van der Waals surface area contributed by atoms with E-state index in [4.69, 9.17) is 14.0 Å². The van der Waals surface area contributed by atoms with E-state index < -0.39 is 29.5 Å². The summed E-state index contributed by atoms with van der Waals surface area (Å²) < 4.78 is 16.2. The number of hydrogen-bond acceptors (Lipinski definition) is 10. The van der Waals surface area contributed by atoms with Crippen LogP contribution in [0.25, 0.3) is 0 Å². The van der Waals surface area contributed by atoms with Crippen LogP contribution in [0.1, 0.15) is 75.7 Å². The lowest BCUT2D eigenvalue weighted by atomic mass is 9.88. The molecule has 4 heterocycles. The second kappa shape index (κ2) is 15.7. The molecule has 0 spiro atoms. The maximum Gasteiger partial charge on any atom is 0.274 e. The van der Waals surface area contributed by atoms with Crippen LogP contribution in [0, 0.1) is 17.8 Å². The third-order valence-corrected chi connectivity index (χ3v) is 8.16. The minimum atomic E-state index is -0.890. The van der Waals surface area contributed by atoms with Gasteiger partial charge in [0, 0.05) is 43.9 Å². The number of ketones is 2. The molecule has 0 unspecified atom stereocenters. The van der Waals surface area contributed by atoms with Crippen LogP contribution in [0.15, 0.2) is 35.1 Å². The quantitative estimate of drug-likeness (QED) is 0.251. The van der Waals surface area contributed by atoms with Crippen molar-refractivity contribution >= 4 is 23.4 Å². The molecular weight excluding hydrogens is 578 g/mol. The average molecular weight is 626 g/mol. The molecule has 4 rings (SSSR count). The van der Waals surface area contributed by atoms with Gasteiger partial charge in [0.05, 0.1) is 38.4 Å². The van der Waals surface area contributed by atoms with E-state index in [1.54, 1.807) is 37.5 Å². The Balaban J connectivity index is 1.47. The second-order valence-corrected chi connectivity index (χ2v) is 13.2. The number of nitrogens with zero attached hydrogens (tertiary/aromatic N) is 3. The number of aromatic nitrogens is 2. The molecule has 0 saturated carbocycles. The number of carbonyl (C=O) groups excluding carboxylic acids is 4. The molecule has 12 heteroatoms. The Morgan fingerprint density at radius 1 is 0.978 bits per heavy atom. The summed E-state index contributed by atoms with van der Waals surface area (Å²) in [4.78, 5) is 60.3. The first-order chi connectivity index (χ1) is 21.4. The SMILES string of the molecule is CC(C)C[C@H](NC(=O)c1cc(CN2CCOCC2)on1)C(=O)C[C@@H](Cc1ccncc1)C(=O)N[C@@H](CC(C)C)C(=O)[C@@]1(C)CO1. The highest BCUT2D eigenvalue weighted by Gasteiger charge is 2.50. The molecule has 2 aromatic rings. The number of morpholine rings is 1. The van der Waals surface area contributed by atoms with Crippen LogP contribution < -0.4 is 10.6 Å². The number of pyridine rings is 1. The molecule has 2 fully saturated rings. The maximum absolute atomic E-state index is 13.8. The van der Waals surface area contributed by atoms with Gasteiger partial charge in [0.25, 0.3) is 5.91 Å². The van der Waals surface area contributed by atoms with Gasteiger partial charge in [0.15, 0.2) is 23.0 Å². The molecule has 2 N–H and O–H groups in total. The smallest absolute Gasteiger partial charge is 0.274 e. The fourth-order valence-corrected chi connectivity index (χ4v) is 5.51. The Morgan fingerprint density at radius 3 is 2.24 bits per heavy atom. The van der Waals surface area contributed by atoms with Gasteiger partial charge in [-0.25, -0.2) is 0 Å². The number of nitrogens with one attached hydrogen (secondary N) is 2. The van der Waals surface area contributed by atoms with E-state index >= 15 is 0 Å². The Hall–Kier alpha value is -3.48. The van der Waals surface area contributed by atoms with Crippen LogP contribution in [0.5, 0.6) is 0 Å². The van der Waals surface area contributed by atoms with E-state index in [-0.39, 0.29) is 47.8 Å². The first-order valence-electron chi connectivity index (χ1n) is 15.9. The minimum absolute atomic E-state index is 0.0910. The highest BCUT2D eigenvalue weighted by atomic mass is 16.6. The molecule has 2 saturated heterocycles. The zero-order chi connectivity index (χ0) is 32.6. The van der Waals surface area contributed by atoms with Gasteiger partial charge in [0.1, 0.15) is 5.60 Å². The van der Waals surface area contributed by atoms with Gasteiger partial charge in [0.2, 0.25) is 5.91 Å². The normalized spacial score (nSPS) is 20.4. The van der Waals surface area contributed by atoms with E-state index in [0.29, 0.717) is 45.0 Å². The van der Waals surface area contributed by atoms with Gasteiger partial charge < -0.3 is 24.6 Å². The lowest BCUT2D eigenvalue weighted by Gasteiger charge is -2.26. The Morgan fingerprint density at radius 2 is 1.62 bits per heavy atom. The number of amides is 2. The fraction of sp³-hybridized carbons (Fsp3) is 0.636. The lowest BCUT2D eigenvalue weighted by molar-refractivity contribution is -0.134. The summed E-state index contributed by atoms with van der Waals surface area (Å²) in [6.45, 7) is 13.3. The highest BCUT2D eigenvalue weighted by molar-refractivity contribution is 5.99. The summed E-state index contributed by atoms with van der Waals surface area (Å²) in [6, 6.07) is 3.62. The van der Waals surface area contributed by atoms with Gasteiger partial charge in [-0.1, -0.05) is 32.9 Å². The van der Waals surface area contributed by atoms with Crippen LogP contribution in [-0.4, -0.2) is 89.0 Å². The van der Waals surface area contributed by atoms with E-state index in [1.165, 1.54) is 0 Å². The molecular formula is C33H47N5O7. The summed E-state index contributed by atoms with van der Waals surface area (Å²) in [5, 5.41) is 9.74. The van der Waals surface area contributed by atoms with Crippen molar-refractivity contribution in [2.75, 3.05) is 32.9 Å². The first-order valence-corrected chi connectivity index (χ1v) is 15.9. The predicted octanol–water partition coefficient (Wildman–Crippen LogP) is 2.75. The summed E-state index contributed by atoms with van der Waals surface area (Å²) in [5.74, 6) is -1.31. The summed E-state index contributed by atoms with van der Waals surface area (Å²) >= 11 is 0. The highest BCUT2D eigenvalue weighted by Crippen LogP contribution is 2.30. The van der Waals surface area contributed by atoms with Crippen LogP contribution >= 0.6 is 0 Å². The number of Topliss-reactive ketones (excluding diaryl/α,β-unsaturated/α-hetero) is 2. The predicted molar refractivity (Wildman–Crippen MR) is 165 cm³/mol. The van der Waals surface area contributed by atoms with Gasteiger partial charge in [-0.05, 0) is 55.7 Å². The third kappa shape index (κ3) is 10.3. The topological polar surface area (TPSA) is 156 Å². The van der Waals surface area contributed by atoms with Crippen LogP contribution in [0.4, 0.5) is 0 Å². The number of hydrogen-bond donors (Lipinski definition) is 2. The first kappa shape index (κ1) is 34.4. The van der Waals surface area contributed by atoms with E-state index in [1.807, 2.05) is 27.7 Å². The van der Waals surface area contributed by atoms with Crippen LogP contribution in [-0.2, 0) is 36.8 Å². The molecule has 2 amide bonds. The van der Waals surface area contributed by atoms with Crippen molar-refractivity contribution < 1.29 is 33.2 Å². The standard InChI is InChI=1S/C33H47N5O7/c1-21(2)14-26(35-32(42)28-18-25(45-37-28)19-38-10-12-43-13-11-38)29(39)17-24(16-23-6-8-34-9-7-23)31(41)36-27(15-22(3)4)30(40)33(5)20-44-33/h6-9,18,21-22,24,26-27H,10-17,19-20H2,1-5H3,(H,35,42)(H,36,41)/t24-,26+,27+,33-/m1/s1. The number of carbonyl (C=O) groups is 4. The van der Waals surface area contributed by atoms with Crippen molar-refractivity contribution in [3.8, 4) is 0 Å². The number of ether oxygens (including phenoxy) is 2. The number of epoxide rings is 1. The van der Waals surface area contributed by atoms with Gasteiger partial charge >= 0.3 is 0 Å². The van der Waals surface area contributed by atoms with Crippen LogP contribution in [0.3, 0.4) is 0 Å². The molecule has 0 bridgehead atoms. The molecule has 0 aliphatic carbocycles. The average Bonchev–Trinajstić information content (AvgIpc) is 3.58. The van der Waals surface area contributed by atoms with Crippen molar-refractivity contribution in [1.82, 2.24) is 25.7 Å². The zero-order valence-electron chi connectivity index (χ0n) is 27.0. The Bertz CT molecular complexity index is 1300. The maximum atomic E-state index is 13.8. The third-order valence-electron chi connectivity index (χ3n) is 8.16. The van der Waals surface area contributed by atoms with Gasteiger partial charge in [-0.2, -0.15) is 0 Å². The molecule has 0 radical (unpaired) electrons. The molecule has 2 aliphatic rings. The number of rotatable bonds is 17. The van der Waals surface area contributed by atoms with Gasteiger partial charge in [-0.3, -0.25) is 29.1 Å². The van der Waals surface area contributed by atoms with E-state index in [9.17, 15) is 19.2 Å². The second-order valence-electron chi connectivity index (χ2n) is 13.2. The van der Waals surface area contributed by atoms with Crippen molar-refractivity contribution in [3.63, 3.8) is 0 Å². The minimum Gasteiger partial charge on any atom is -0.379 e. The molecule has 4 atom stereocenters. The lowest BCUT2D eigenvalue weighted by Crippen LogP contribution is -2.50. The Labute approximate surface area is 265 Å². The van der Waals surface area contributed by atoms with Gasteiger partial charge in [-0.15, -0.1) is 0 Å². The molecule has 12 nitrogen and oxygen atoms in total. The zero-order valence-corrected chi connectivity index (χ0v) is 27.0. The van der Waals surface area contributed by atoms with Crippen LogP contribution in [0.2, 0.25) is 0 Å². The molecule has 2 aromatic heterocycles. The van der Waals surface area contributed by atoms with E-state index in [2.05, 4.69) is 25.7 Å². The van der Waals surface area contributed by atoms with Crippen molar-refractivity contribution in [2.24, 2.45) is 17.8 Å². The molecule has 0 aromatic carbocycles. The molecule has 45 heavy (non-hydrogen) atoms. The van der Waals surface area contributed by atoms with Crippen molar-refractivity contribution in [3.05, 3.63) is 47.6 Å². The summed E-state index contributed by atoms with van der Waals surface area (Å²) in [5.41, 5.74) is 0.0396. The Kier molecular flexibility index (Phi) is 12.0. The summed E-state index contributed by atoms with van der Waals surface area (Å²) in [6.07, 6.45) is 4.26.